The molecule has 9 heteroatoms. The van der Waals surface area contributed by atoms with Gasteiger partial charge in [-0.05, 0) is 57.9 Å². The standard InChI is InChI=1S/C23H27ClFN5O2/c1-23(2,3)32-22(31)29-19-10-5-4-9-18(19)28-21-17(25)11-14(13-26)20(30-21)27-16-8-6-7-15(24)12-16/h6-8,11-12,18-19H,4-5,9-10H2,1-3H3,(H,29,31)(H2,27,28,30)/t18-,19+/m1/s1. The van der Waals surface area contributed by atoms with Crippen LogP contribution in [0.3, 0.4) is 0 Å². The summed E-state index contributed by atoms with van der Waals surface area (Å²) in [5.74, 6) is -0.415. The molecule has 1 aliphatic rings. The van der Waals surface area contributed by atoms with E-state index in [1.54, 1.807) is 45.0 Å². The molecule has 0 saturated heterocycles. The van der Waals surface area contributed by atoms with E-state index in [1.165, 1.54) is 0 Å². The lowest BCUT2D eigenvalue weighted by atomic mass is 9.90. The minimum absolute atomic E-state index is 0.0106. The van der Waals surface area contributed by atoms with Crippen molar-refractivity contribution in [1.29, 1.82) is 5.26 Å². The smallest absolute Gasteiger partial charge is 0.407 e. The van der Waals surface area contributed by atoms with Crippen molar-refractivity contribution in [3.05, 3.63) is 46.7 Å². The fourth-order valence-electron chi connectivity index (χ4n) is 3.58. The zero-order valence-corrected chi connectivity index (χ0v) is 19.1. The number of hydrogen-bond acceptors (Lipinski definition) is 6. The van der Waals surface area contributed by atoms with Crippen molar-refractivity contribution in [2.45, 2.75) is 64.1 Å². The van der Waals surface area contributed by atoms with Crippen LogP contribution in [0.15, 0.2) is 30.3 Å². The maximum Gasteiger partial charge on any atom is 0.407 e. The summed E-state index contributed by atoms with van der Waals surface area (Å²) in [5.41, 5.74) is 0.0879. The molecule has 1 aromatic heterocycles. The number of aromatic nitrogens is 1. The van der Waals surface area contributed by atoms with Gasteiger partial charge in [-0.15, -0.1) is 0 Å². The van der Waals surface area contributed by atoms with E-state index >= 15 is 0 Å². The quantitative estimate of drug-likeness (QED) is 0.527. The molecule has 1 saturated carbocycles. The van der Waals surface area contributed by atoms with Gasteiger partial charge in [-0.3, -0.25) is 0 Å². The van der Waals surface area contributed by atoms with Crippen LogP contribution in [0, 0.1) is 17.1 Å². The highest BCUT2D eigenvalue weighted by Crippen LogP contribution is 2.28. The third-order valence-electron chi connectivity index (χ3n) is 4.97. The van der Waals surface area contributed by atoms with Crippen LogP contribution in [0.5, 0.6) is 0 Å². The second-order valence-electron chi connectivity index (χ2n) is 8.75. The Hall–Kier alpha value is -3.05. The first kappa shape index (κ1) is 23.6. The summed E-state index contributed by atoms with van der Waals surface area (Å²) in [4.78, 5) is 16.6. The molecule has 0 radical (unpaired) electrons. The van der Waals surface area contributed by atoms with Crippen LogP contribution in [0.25, 0.3) is 0 Å². The Bertz CT molecular complexity index is 1020. The molecule has 7 nitrogen and oxygen atoms in total. The summed E-state index contributed by atoms with van der Waals surface area (Å²) >= 11 is 6.03. The Kier molecular flexibility index (Phi) is 7.41. The van der Waals surface area contributed by atoms with E-state index in [4.69, 9.17) is 16.3 Å². The van der Waals surface area contributed by atoms with E-state index in [2.05, 4.69) is 20.9 Å². The molecule has 170 valence electrons. The van der Waals surface area contributed by atoms with Gasteiger partial charge in [0, 0.05) is 16.8 Å². The zero-order chi connectivity index (χ0) is 23.3. The van der Waals surface area contributed by atoms with Crippen molar-refractivity contribution >= 4 is 35.0 Å². The number of hydrogen-bond donors (Lipinski definition) is 3. The van der Waals surface area contributed by atoms with Gasteiger partial charge in [0.2, 0.25) is 0 Å². The van der Waals surface area contributed by atoms with Gasteiger partial charge < -0.3 is 20.7 Å². The van der Waals surface area contributed by atoms with Crippen LogP contribution < -0.4 is 16.0 Å². The number of nitrogens with one attached hydrogen (secondary N) is 3. The number of nitriles is 1. The molecule has 0 aliphatic heterocycles. The largest absolute Gasteiger partial charge is 0.444 e. The number of anilines is 3. The second-order valence-corrected chi connectivity index (χ2v) is 9.19. The Morgan fingerprint density at radius 2 is 1.94 bits per heavy atom. The minimum Gasteiger partial charge on any atom is -0.444 e. The molecule has 1 fully saturated rings. The highest BCUT2D eigenvalue weighted by atomic mass is 35.5. The van der Waals surface area contributed by atoms with E-state index in [9.17, 15) is 14.4 Å². The molecule has 32 heavy (non-hydrogen) atoms. The summed E-state index contributed by atoms with van der Waals surface area (Å²) in [7, 11) is 0. The maximum absolute atomic E-state index is 14.7. The van der Waals surface area contributed by atoms with Crippen molar-refractivity contribution in [2.75, 3.05) is 10.6 Å². The molecule has 1 heterocycles. The van der Waals surface area contributed by atoms with Gasteiger partial charge in [0.15, 0.2) is 17.5 Å². The number of pyridine rings is 1. The van der Waals surface area contributed by atoms with E-state index < -0.39 is 17.5 Å². The van der Waals surface area contributed by atoms with Gasteiger partial charge in [0.05, 0.1) is 11.6 Å². The van der Waals surface area contributed by atoms with E-state index in [1.807, 2.05) is 6.07 Å². The number of carbonyl (C=O) groups is 1. The monoisotopic (exact) mass is 459 g/mol. The van der Waals surface area contributed by atoms with Crippen LogP contribution >= 0.6 is 11.6 Å². The summed E-state index contributed by atoms with van der Waals surface area (Å²) in [6.07, 6.45) is 2.85. The predicted octanol–water partition coefficient (Wildman–Crippen LogP) is 5.74. The number of carbonyl (C=O) groups excluding carboxylic acids is 1. The summed E-state index contributed by atoms with van der Waals surface area (Å²) in [6, 6.07) is 9.57. The fourth-order valence-corrected chi connectivity index (χ4v) is 3.77. The van der Waals surface area contributed by atoms with Crippen LogP contribution in [-0.4, -0.2) is 28.8 Å². The topological polar surface area (TPSA) is 99.1 Å². The van der Waals surface area contributed by atoms with Crippen molar-refractivity contribution in [3.8, 4) is 6.07 Å². The third-order valence-corrected chi connectivity index (χ3v) is 5.21. The number of halogens is 2. The number of amides is 1. The number of ether oxygens (including phenoxy) is 1. The molecular weight excluding hydrogens is 433 g/mol. The summed E-state index contributed by atoms with van der Waals surface area (Å²) in [5, 5.41) is 19.0. The van der Waals surface area contributed by atoms with Gasteiger partial charge in [0.1, 0.15) is 11.7 Å². The Balaban J connectivity index is 1.80. The van der Waals surface area contributed by atoms with Crippen LogP contribution in [0.4, 0.5) is 26.5 Å². The molecule has 0 bridgehead atoms. The zero-order valence-electron chi connectivity index (χ0n) is 18.3. The summed E-state index contributed by atoms with van der Waals surface area (Å²) in [6.45, 7) is 5.40. The van der Waals surface area contributed by atoms with Crippen LogP contribution in [0.1, 0.15) is 52.0 Å². The van der Waals surface area contributed by atoms with Gasteiger partial charge in [-0.1, -0.05) is 30.5 Å². The predicted molar refractivity (Wildman–Crippen MR) is 123 cm³/mol. The van der Waals surface area contributed by atoms with Gasteiger partial charge >= 0.3 is 6.09 Å². The second kappa shape index (κ2) is 10.0. The lowest BCUT2D eigenvalue weighted by Gasteiger charge is -2.33. The average molecular weight is 460 g/mol. The van der Waals surface area contributed by atoms with Crippen molar-refractivity contribution in [1.82, 2.24) is 10.3 Å². The van der Waals surface area contributed by atoms with Gasteiger partial charge in [-0.2, -0.15) is 5.26 Å². The molecule has 0 spiro atoms. The lowest BCUT2D eigenvalue weighted by Crippen LogP contribution is -2.50. The maximum atomic E-state index is 14.7. The molecule has 1 aliphatic carbocycles. The average Bonchev–Trinajstić information content (AvgIpc) is 2.70. The molecular formula is C23H27ClFN5O2. The van der Waals surface area contributed by atoms with Crippen molar-refractivity contribution in [2.24, 2.45) is 0 Å². The molecule has 2 atom stereocenters. The van der Waals surface area contributed by atoms with Gasteiger partial charge in [-0.25, -0.2) is 14.2 Å². The number of rotatable bonds is 5. The van der Waals surface area contributed by atoms with Crippen molar-refractivity contribution in [3.63, 3.8) is 0 Å². The first-order chi connectivity index (χ1) is 15.1. The first-order valence-corrected chi connectivity index (χ1v) is 10.9. The van der Waals surface area contributed by atoms with E-state index in [-0.39, 0.29) is 29.3 Å². The Labute approximate surface area is 192 Å². The SMILES string of the molecule is CC(C)(C)OC(=O)N[C@H]1CCCC[C@H]1Nc1nc(Nc2cccc(Cl)c2)c(C#N)cc1F. The minimum atomic E-state index is -0.639. The molecule has 2 aromatic rings. The Morgan fingerprint density at radius 3 is 2.59 bits per heavy atom. The normalized spacial score (nSPS) is 18.4. The van der Waals surface area contributed by atoms with E-state index in [0.717, 1.165) is 31.7 Å². The number of nitrogens with zero attached hydrogens (tertiary/aromatic N) is 2. The fraction of sp³-hybridized carbons (Fsp3) is 0.435. The number of benzene rings is 1. The molecule has 1 amide bonds. The molecule has 1 aromatic carbocycles. The highest BCUT2D eigenvalue weighted by molar-refractivity contribution is 6.30. The Morgan fingerprint density at radius 1 is 1.22 bits per heavy atom. The van der Waals surface area contributed by atoms with Gasteiger partial charge in [0.25, 0.3) is 0 Å². The van der Waals surface area contributed by atoms with Crippen LogP contribution in [0.2, 0.25) is 5.02 Å². The summed E-state index contributed by atoms with van der Waals surface area (Å²) < 4.78 is 20.1. The molecule has 3 N–H and O–H groups in total. The first-order valence-electron chi connectivity index (χ1n) is 10.5. The number of alkyl carbamates (subject to hydrolysis) is 1. The highest BCUT2D eigenvalue weighted by Gasteiger charge is 2.29. The van der Waals surface area contributed by atoms with Crippen molar-refractivity contribution < 1.29 is 13.9 Å². The molecule has 0 unspecified atom stereocenters. The lowest BCUT2D eigenvalue weighted by molar-refractivity contribution is 0.0488. The van der Waals surface area contributed by atoms with E-state index in [0.29, 0.717) is 10.7 Å². The molecule has 3 rings (SSSR count). The van der Waals surface area contributed by atoms with Crippen LogP contribution in [-0.2, 0) is 4.74 Å². The third kappa shape index (κ3) is 6.47.